The maximum absolute atomic E-state index is 13.0. The van der Waals surface area contributed by atoms with Crippen molar-refractivity contribution in [2.45, 2.75) is 69.1 Å². The fraction of sp³-hybridized carbons (Fsp3) is 0.455. The zero-order valence-corrected chi connectivity index (χ0v) is 37.7. The Labute approximate surface area is 363 Å². The van der Waals surface area contributed by atoms with Crippen LogP contribution in [0.5, 0.6) is 0 Å². The largest absolute Gasteiger partial charge is 0.456 e. The van der Waals surface area contributed by atoms with E-state index in [1.165, 1.54) is 24.3 Å². The van der Waals surface area contributed by atoms with E-state index in [0.717, 1.165) is 21.4 Å². The fourth-order valence-corrected chi connectivity index (χ4v) is 8.85. The van der Waals surface area contributed by atoms with Gasteiger partial charge in [-0.25, -0.2) is 4.58 Å². The highest BCUT2D eigenvalue weighted by Gasteiger charge is 2.43. The van der Waals surface area contributed by atoms with Crippen molar-refractivity contribution in [2.75, 3.05) is 70.8 Å². The van der Waals surface area contributed by atoms with Crippen LogP contribution in [0.4, 0.5) is 5.69 Å². The first kappa shape index (κ1) is 48.1. The lowest BCUT2D eigenvalue weighted by atomic mass is 9.77. The molecule has 4 aliphatic rings. The molecular weight excluding hydrogens is 841 g/mol. The number of hydrogen-bond donors (Lipinski definition) is 3. The number of fused-ring (bicyclic) bond motifs is 2. The second-order valence-electron chi connectivity index (χ2n) is 16.5. The Bertz CT molecular complexity index is 2490. The molecule has 5 rings (SSSR count). The molecule has 1 atom stereocenters. The lowest BCUT2D eigenvalue weighted by Gasteiger charge is -2.30. The van der Waals surface area contributed by atoms with Crippen LogP contribution in [0.1, 0.15) is 70.3 Å². The molecule has 0 saturated heterocycles. The van der Waals surface area contributed by atoms with Crippen LogP contribution in [0.2, 0.25) is 0 Å². The van der Waals surface area contributed by atoms with Crippen molar-refractivity contribution < 1.29 is 54.2 Å². The average molecular weight is 898 g/mol. The molecule has 0 aromatic heterocycles. The Hall–Kier alpha value is -4.98. The predicted molar refractivity (Wildman–Crippen MR) is 235 cm³/mol. The van der Waals surface area contributed by atoms with E-state index >= 15 is 0 Å². The van der Waals surface area contributed by atoms with E-state index in [2.05, 4.69) is 42.8 Å². The second kappa shape index (κ2) is 20.0. The summed E-state index contributed by atoms with van der Waals surface area (Å²) >= 11 is 0. The van der Waals surface area contributed by atoms with Gasteiger partial charge in [0.2, 0.25) is 11.3 Å². The van der Waals surface area contributed by atoms with E-state index in [0.29, 0.717) is 67.6 Å². The van der Waals surface area contributed by atoms with Gasteiger partial charge in [0, 0.05) is 80.9 Å². The van der Waals surface area contributed by atoms with E-state index in [4.69, 9.17) is 13.9 Å². The van der Waals surface area contributed by atoms with Crippen LogP contribution < -0.4 is 20.1 Å². The van der Waals surface area contributed by atoms with Gasteiger partial charge >= 0.3 is 0 Å². The molecule has 3 amide bonds. The molecule has 16 nitrogen and oxygen atoms in total. The zero-order valence-electron chi connectivity index (χ0n) is 36.0. The predicted octanol–water partition coefficient (Wildman–Crippen LogP) is 4.16. The molecule has 336 valence electrons. The highest BCUT2D eigenvalue weighted by atomic mass is 32.2. The van der Waals surface area contributed by atoms with Crippen molar-refractivity contribution >= 4 is 49.7 Å². The maximum Gasteiger partial charge on any atom is 0.294 e. The van der Waals surface area contributed by atoms with Crippen LogP contribution in [0, 0.1) is 0 Å². The number of allylic oxidation sites excluding steroid dienone is 3. The third-order valence-corrected chi connectivity index (χ3v) is 12.7. The number of ether oxygens (including phenoxy) is 2. The number of benzene rings is 2. The first-order valence-corrected chi connectivity index (χ1v) is 23.4. The average Bonchev–Trinajstić information content (AvgIpc) is 3.63. The number of imide groups is 1. The van der Waals surface area contributed by atoms with Crippen LogP contribution in [0.25, 0.3) is 17.4 Å². The van der Waals surface area contributed by atoms with Gasteiger partial charge in [-0.3, -0.25) is 28.4 Å². The molecule has 3 aliphatic heterocycles. The quantitative estimate of drug-likeness (QED) is 0.0827. The molecule has 3 N–H and O–H groups in total. The van der Waals surface area contributed by atoms with E-state index in [-0.39, 0.29) is 48.7 Å². The lowest BCUT2D eigenvalue weighted by Crippen LogP contribution is -2.38. The maximum atomic E-state index is 13.0. The zero-order chi connectivity index (χ0) is 45.5. The van der Waals surface area contributed by atoms with Crippen molar-refractivity contribution in [2.24, 2.45) is 0 Å². The van der Waals surface area contributed by atoms with Gasteiger partial charge in [-0.05, 0) is 85.2 Å². The highest BCUT2D eigenvalue weighted by molar-refractivity contribution is 7.86. The van der Waals surface area contributed by atoms with Crippen molar-refractivity contribution in [3.05, 3.63) is 94.7 Å². The number of rotatable bonds is 20. The number of carbonyl (C=O) groups excluding carboxylic acids is 3. The summed E-state index contributed by atoms with van der Waals surface area (Å²) in [6, 6.07) is 12.3. The molecule has 1 unspecified atom stereocenters. The van der Waals surface area contributed by atoms with Gasteiger partial charge in [0.1, 0.15) is 24.7 Å². The van der Waals surface area contributed by atoms with E-state index in [9.17, 15) is 40.3 Å². The molecule has 0 radical (unpaired) electrons. The molecule has 0 saturated carbocycles. The molecule has 1 aliphatic carbocycles. The summed E-state index contributed by atoms with van der Waals surface area (Å²) in [4.78, 5) is 39.3. The summed E-state index contributed by atoms with van der Waals surface area (Å²) in [7, 11) is -5.62. The normalized spacial score (nSPS) is 17.6. The van der Waals surface area contributed by atoms with Gasteiger partial charge < -0.3 is 24.1 Å². The Morgan fingerprint density at radius 3 is 2.21 bits per heavy atom. The van der Waals surface area contributed by atoms with Crippen molar-refractivity contribution in [1.82, 2.24) is 14.8 Å². The van der Waals surface area contributed by atoms with Gasteiger partial charge in [-0.1, -0.05) is 26.8 Å². The van der Waals surface area contributed by atoms with Gasteiger partial charge in [-0.2, -0.15) is 16.8 Å². The van der Waals surface area contributed by atoms with Crippen LogP contribution >= 0.6 is 0 Å². The number of hydrogen-bond acceptors (Lipinski definition) is 11. The smallest absolute Gasteiger partial charge is 0.294 e. The Morgan fingerprint density at radius 1 is 0.919 bits per heavy atom. The van der Waals surface area contributed by atoms with Crippen LogP contribution in [0.3, 0.4) is 0 Å². The third kappa shape index (κ3) is 11.9. The SMILES string of the molecule is COCC[N+](CCOC)=c1ccc2c(C(C)(C)C)cc(C=CC=C3N(CCCS(=O)(=O)O)c4ccc(S(=O)(=O)O)cc4C3(C)CCCC(=O)NCCN3C(=O)C=CC3=O)oc-2c1. The van der Waals surface area contributed by atoms with Gasteiger partial charge in [0.25, 0.3) is 32.1 Å². The number of carbonyl (C=O) groups is 3. The molecule has 1 aromatic rings. The summed E-state index contributed by atoms with van der Waals surface area (Å²) in [5.41, 5.74) is 2.51. The minimum absolute atomic E-state index is 0.0147. The number of amides is 3. The molecule has 0 spiro atoms. The number of anilines is 1. The Kier molecular flexibility index (Phi) is 15.5. The van der Waals surface area contributed by atoms with Gasteiger partial charge in [0.15, 0.2) is 13.1 Å². The molecule has 18 heteroatoms. The molecule has 62 heavy (non-hydrogen) atoms. The molecule has 3 heterocycles. The standard InChI is InChI=1S/C44H56N4O12S2/c1-43(2,3)35-29-32(60-38-28-31(13-15-34(35)38)46(23-25-58-5)24-26-59-6)10-7-11-39-44(4,19-8-12-40(49)45-20-22-48-41(50)17-18-42(48)51)36-30-33(62(55,56)57)14-16-37(36)47(39)21-9-27-61(52,53)54/h7,10-11,13-18,28-30H,8-9,12,19-27H2,1-6H3,(H2-,45,49,52,53,54,55,56,57)/p+1. The summed E-state index contributed by atoms with van der Waals surface area (Å²) in [6.07, 6.45) is 8.48. The number of nitrogens with one attached hydrogen (secondary N) is 1. The van der Waals surface area contributed by atoms with Crippen LogP contribution in [-0.4, -0.2) is 114 Å². The summed E-state index contributed by atoms with van der Waals surface area (Å²) in [6.45, 7) is 10.8. The number of nitrogens with zero attached hydrogens (tertiary/aromatic N) is 3. The number of methoxy groups -OCH3 is 2. The minimum Gasteiger partial charge on any atom is -0.456 e. The molecular formula is C44H57N4O12S2+. The Balaban J connectivity index is 1.54. The first-order chi connectivity index (χ1) is 29.2. The molecule has 0 fully saturated rings. The van der Waals surface area contributed by atoms with E-state index in [1.807, 2.05) is 36.1 Å². The van der Waals surface area contributed by atoms with Crippen molar-refractivity contribution in [1.29, 1.82) is 0 Å². The summed E-state index contributed by atoms with van der Waals surface area (Å²) < 4.78 is 87.4. The summed E-state index contributed by atoms with van der Waals surface area (Å²) in [5, 5.41) is 3.68. The highest BCUT2D eigenvalue weighted by Crippen LogP contribution is 2.51. The van der Waals surface area contributed by atoms with Crippen molar-refractivity contribution in [3.8, 4) is 11.3 Å². The first-order valence-electron chi connectivity index (χ1n) is 20.3. The monoisotopic (exact) mass is 897 g/mol. The van der Waals surface area contributed by atoms with Crippen LogP contribution in [0.15, 0.2) is 81.8 Å². The minimum atomic E-state index is -4.62. The van der Waals surface area contributed by atoms with Crippen LogP contribution in [-0.2, 0) is 54.9 Å². The van der Waals surface area contributed by atoms with Crippen molar-refractivity contribution in [3.63, 3.8) is 0 Å². The van der Waals surface area contributed by atoms with Gasteiger partial charge in [-0.15, -0.1) is 0 Å². The van der Waals surface area contributed by atoms with E-state index in [1.54, 1.807) is 26.4 Å². The third-order valence-electron chi connectivity index (χ3n) is 11.0. The van der Waals surface area contributed by atoms with E-state index < -0.39 is 43.2 Å². The summed E-state index contributed by atoms with van der Waals surface area (Å²) in [5.74, 6) is -0.532. The Morgan fingerprint density at radius 2 is 1.60 bits per heavy atom. The topological polar surface area (TPSA) is 213 Å². The lowest BCUT2D eigenvalue weighted by molar-refractivity contribution is -0.137. The molecule has 1 aromatic carbocycles. The van der Waals surface area contributed by atoms with Gasteiger partial charge in [0.05, 0.1) is 16.7 Å². The molecule has 0 bridgehead atoms. The second-order valence-corrected chi connectivity index (χ2v) is 19.5. The fourth-order valence-electron chi connectivity index (χ4n) is 7.85.